The average Bonchev–Trinajstić information content (AvgIpc) is 0.708. The van der Waals surface area contributed by atoms with Crippen molar-refractivity contribution in [3.8, 4) is 17.2 Å². The van der Waals surface area contributed by atoms with Gasteiger partial charge in [-0.3, -0.25) is 52.7 Å². The van der Waals surface area contributed by atoms with Crippen LogP contribution in [0.2, 0.25) is 0 Å². The van der Waals surface area contributed by atoms with Gasteiger partial charge in [-0.05, 0) is 129 Å². The summed E-state index contributed by atoms with van der Waals surface area (Å²) in [5.74, 6) is -17.0. The number of hydrogen-bond acceptors (Lipinski definition) is 29. The Balaban J connectivity index is 1.03. The van der Waals surface area contributed by atoms with Crippen molar-refractivity contribution in [2.24, 2.45) is 28.6 Å². The van der Waals surface area contributed by atoms with Crippen molar-refractivity contribution in [3.05, 3.63) is 133 Å². The standard InChI is InChI=1S/C88H118N8O31S/c1-5-128(118,119)40-39-125-87(116)94-30-34-124-38-36-122-32-28-91-69(99)21-17-60(84(112)93-29-33-123-37-35-121-31-27-90-51(3)98)44-61(45-62(86(114)115)43-59(20-24-73(105)106)58-16-12-53-9-13-55-41-56(14-10-52(55)11-15-57(53)42-58)54(18-22-71(101)102)19-23-72(103)104)85(113)92-26-25-70(100)96-95-68(49-97)88(117)47-64-76(67(48-88)127-74-46-65(89)79(107)50(2)126-74)83(111)78-77(81(64)109)80(108)63-7-6-8-66(120-4)75(63)82(78)110/h5-8,10,12,14,16,41-42,50,54,59-62,65,67,74,79,97,107,109,111,117H,1,9,11,13,15,17-40,43-49,89H2,2-4H3,(H,90,98)(H,91,99)(H,92,113)(H,93,112)(H,94,116)(H,96,100)(H,101,102)(H,103,104)(H,105,106)(H,114,115)/b95-68+. The molecule has 0 saturated carbocycles. The van der Waals surface area contributed by atoms with E-state index >= 15 is 4.79 Å². The van der Waals surface area contributed by atoms with E-state index in [2.05, 4.69) is 43.7 Å². The maximum atomic E-state index is 15.1. The van der Waals surface area contributed by atoms with Gasteiger partial charge in [-0.15, -0.1) is 0 Å². The number of alkyl carbamates (subject to hydrolysis) is 1. The van der Waals surface area contributed by atoms with Crippen LogP contribution in [0.1, 0.15) is 198 Å². The molecule has 17 N–H and O–H groups in total. The highest BCUT2D eigenvalue weighted by atomic mass is 32.2. The number of sulfone groups is 1. The largest absolute Gasteiger partial charge is 0.507 e. The van der Waals surface area contributed by atoms with Gasteiger partial charge in [-0.1, -0.05) is 55.1 Å². The molecule has 4 aromatic carbocycles. The number of rotatable bonds is 54. The number of aliphatic hydroxyl groups is 3. The normalized spacial score (nSPS) is 18.7. The van der Waals surface area contributed by atoms with Crippen LogP contribution in [0.15, 0.2) is 71.7 Å². The number of hydrogen-bond donors (Lipinski definition) is 16. The Morgan fingerprint density at radius 3 is 1.73 bits per heavy atom. The zero-order valence-corrected chi connectivity index (χ0v) is 72.8. The van der Waals surface area contributed by atoms with Crippen LogP contribution in [0, 0.1) is 17.8 Å². The number of fused-ring (bicyclic) bond motifs is 5. The van der Waals surface area contributed by atoms with Gasteiger partial charge >= 0.3 is 30.0 Å². The van der Waals surface area contributed by atoms with E-state index in [0.29, 0.717) is 31.2 Å². The minimum Gasteiger partial charge on any atom is -0.507 e. The molecule has 6 amide bonds. The minimum atomic E-state index is -3.57. The number of methoxy groups -OCH3 is 1. The van der Waals surface area contributed by atoms with Crippen molar-refractivity contribution in [1.82, 2.24) is 32.0 Å². The summed E-state index contributed by atoms with van der Waals surface area (Å²) in [6, 6.07) is 14.8. The lowest BCUT2D eigenvalue weighted by Crippen LogP contribution is -2.53. The molecule has 128 heavy (non-hydrogen) atoms. The molecule has 40 heteroatoms. The van der Waals surface area contributed by atoms with Gasteiger partial charge in [0.15, 0.2) is 21.9 Å². The molecule has 0 bridgehead atoms. The van der Waals surface area contributed by atoms with Crippen LogP contribution in [0.3, 0.4) is 0 Å². The molecule has 8 rings (SSSR count). The van der Waals surface area contributed by atoms with Gasteiger partial charge < -0.3 is 116 Å². The number of nitrogens with two attached hydrogens (primary N) is 1. The van der Waals surface area contributed by atoms with Crippen LogP contribution in [-0.2, 0) is 118 Å². The number of aromatic hydroxyl groups is 2. The van der Waals surface area contributed by atoms with Crippen molar-refractivity contribution >= 4 is 86.6 Å². The first-order chi connectivity index (χ1) is 61.0. The third-order valence-corrected chi connectivity index (χ3v) is 24.3. The Kier molecular flexibility index (Phi) is 40.1. The lowest BCUT2D eigenvalue weighted by Gasteiger charge is -2.43. The van der Waals surface area contributed by atoms with E-state index in [1.54, 1.807) is 6.07 Å². The number of aryl methyl sites for hydroxylation is 4. The number of aliphatic hydroxyl groups excluding tert-OH is 2. The maximum Gasteiger partial charge on any atom is 0.407 e. The highest BCUT2D eigenvalue weighted by Gasteiger charge is 2.50. The third kappa shape index (κ3) is 30.4. The molecule has 3 aliphatic carbocycles. The van der Waals surface area contributed by atoms with Crippen LogP contribution in [-0.4, -0.2) is 273 Å². The summed E-state index contributed by atoms with van der Waals surface area (Å²) in [5.41, 5.74) is 8.65. The second-order valence-corrected chi connectivity index (χ2v) is 34.0. The molecule has 0 spiro atoms. The lowest BCUT2D eigenvalue weighted by atomic mass is 9.71. The molecule has 702 valence electrons. The number of ketones is 2. The summed E-state index contributed by atoms with van der Waals surface area (Å²) < 4.78 is 67.9. The first-order valence-corrected chi connectivity index (χ1v) is 44.3. The van der Waals surface area contributed by atoms with Crippen LogP contribution in [0.5, 0.6) is 17.2 Å². The zero-order chi connectivity index (χ0) is 93.4. The number of phenols is 2. The molecular formula is C88H118N8O31S. The number of carbonyl (C=O) groups excluding carboxylic acids is 8. The number of benzene rings is 4. The molecule has 1 heterocycles. The minimum absolute atomic E-state index is 0.00809. The predicted octanol–water partition coefficient (Wildman–Crippen LogP) is 3.36. The highest BCUT2D eigenvalue weighted by molar-refractivity contribution is 7.94. The van der Waals surface area contributed by atoms with Crippen molar-refractivity contribution in [2.75, 3.05) is 112 Å². The van der Waals surface area contributed by atoms with Crippen molar-refractivity contribution in [2.45, 2.75) is 184 Å². The van der Waals surface area contributed by atoms with E-state index < -0.39 is 221 Å². The number of aliphatic carboxylic acids is 4. The third-order valence-electron chi connectivity index (χ3n) is 23.0. The van der Waals surface area contributed by atoms with Crippen LogP contribution < -0.4 is 42.5 Å². The monoisotopic (exact) mass is 1810 g/mol. The van der Waals surface area contributed by atoms with Gasteiger partial charge in [-0.2, -0.15) is 5.10 Å². The summed E-state index contributed by atoms with van der Waals surface area (Å²) in [5, 5.41) is 117. The average molecular weight is 1820 g/mol. The predicted molar refractivity (Wildman–Crippen MR) is 456 cm³/mol. The summed E-state index contributed by atoms with van der Waals surface area (Å²) in [7, 11) is -2.30. The highest BCUT2D eigenvalue weighted by Crippen LogP contribution is 2.53. The molecule has 4 aliphatic rings. The Labute approximate surface area is 739 Å². The molecule has 10 unspecified atom stereocenters. The second kappa shape index (κ2) is 50.2. The number of hydrazone groups is 1. The van der Waals surface area contributed by atoms with Crippen molar-refractivity contribution < 1.29 is 150 Å². The maximum absolute atomic E-state index is 15.1. The van der Waals surface area contributed by atoms with Gasteiger partial charge in [0.2, 0.25) is 35.3 Å². The molecule has 1 saturated heterocycles. The quantitative estimate of drug-likeness (QED) is 0.0115. The van der Waals surface area contributed by atoms with E-state index in [-0.39, 0.29) is 183 Å². The van der Waals surface area contributed by atoms with E-state index in [0.717, 1.165) is 33.2 Å². The Hall–Kier alpha value is -10.9. The number of carbonyl (C=O) groups is 12. The number of carboxylic acid groups (broad SMARTS) is 4. The number of amides is 6. The first-order valence-electron chi connectivity index (χ1n) is 42.6. The van der Waals surface area contributed by atoms with E-state index in [1.165, 1.54) is 39.2 Å². The number of ether oxygens (including phenoxy) is 8. The molecule has 1 aliphatic heterocycles. The van der Waals surface area contributed by atoms with Gasteiger partial charge in [0, 0.05) is 131 Å². The van der Waals surface area contributed by atoms with E-state index in [9.17, 15) is 107 Å². The molecular weight excluding hydrogens is 1700 g/mol. The SMILES string of the molecule is C=CS(=O)(=O)CCOC(=O)NCCOCCOCCNC(=O)CCC(CC(CC(CC(CCC(=O)O)c1ccc2c(c1)CCc1ccc(C(CCC(=O)O)CCC(=O)O)cc1CC2)C(=O)O)C(=O)NCCC(=O)N/N=C(\CO)C1(O)Cc2c(O)c3c(c(O)c2C(OC2CC(N)C(O)C(C)O2)C1)C(=O)c1c(OC)cccc1C3=O)C(=O)NCCOCCOCCNC(C)=O. The van der Waals surface area contributed by atoms with E-state index in [4.69, 9.17) is 43.6 Å². The number of nitrogens with zero attached hydrogens (tertiary/aromatic N) is 1. The zero-order valence-electron chi connectivity index (χ0n) is 71.9. The van der Waals surface area contributed by atoms with E-state index in [1.807, 2.05) is 30.3 Å². The van der Waals surface area contributed by atoms with Gasteiger partial charge in [0.05, 0.1) is 119 Å². The van der Waals surface area contributed by atoms with Gasteiger partial charge in [0.25, 0.3) is 0 Å². The van der Waals surface area contributed by atoms with Gasteiger partial charge in [0.1, 0.15) is 29.5 Å². The Morgan fingerprint density at radius 2 is 1.16 bits per heavy atom. The lowest BCUT2D eigenvalue weighted by molar-refractivity contribution is -0.245. The first kappa shape index (κ1) is 102. The molecule has 1 fully saturated rings. The molecule has 39 nitrogen and oxygen atoms in total. The van der Waals surface area contributed by atoms with Gasteiger partial charge in [-0.25, -0.2) is 18.6 Å². The fraction of sp³-hybridized carbons (Fsp3) is 0.557. The molecule has 0 radical (unpaired) electrons. The smallest absolute Gasteiger partial charge is 0.407 e. The molecule has 10 atom stereocenters. The number of carboxylic acids is 4. The molecule has 4 aromatic rings. The fourth-order valence-corrected chi connectivity index (χ4v) is 16.7. The summed E-state index contributed by atoms with van der Waals surface area (Å²) in [4.78, 5) is 159. The van der Waals surface area contributed by atoms with Crippen molar-refractivity contribution in [1.29, 1.82) is 0 Å². The summed E-state index contributed by atoms with van der Waals surface area (Å²) in [6.45, 7) is 4.71. The number of nitrogens with one attached hydrogen (secondary N) is 6. The van der Waals surface area contributed by atoms with Crippen molar-refractivity contribution in [3.63, 3.8) is 0 Å². The topological polar surface area (TPSA) is 605 Å². The fourth-order valence-electron chi connectivity index (χ4n) is 16.2. The second-order valence-electron chi connectivity index (χ2n) is 32.0. The molecule has 0 aromatic heterocycles. The van der Waals surface area contributed by atoms with Crippen LogP contribution in [0.25, 0.3) is 0 Å². The summed E-state index contributed by atoms with van der Waals surface area (Å²) in [6.07, 6.45) is -7.77. The van der Waals surface area contributed by atoms with Crippen LogP contribution >= 0.6 is 0 Å². The summed E-state index contributed by atoms with van der Waals surface area (Å²) >= 11 is 0. The van der Waals surface area contributed by atoms with Crippen LogP contribution in [0.4, 0.5) is 4.79 Å². The number of phenolic OH excluding ortho intramolecular Hbond substituents is 2. The Bertz CT molecular complexity index is 4720. The Morgan fingerprint density at radius 1 is 0.625 bits per heavy atom.